The molecule has 3 rings (SSSR count). The Labute approximate surface area is 184 Å². The number of carbonyl (C=O) groups is 1. The maximum atomic E-state index is 13.3. The maximum absolute atomic E-state index is 13.3. The first-order valence-electron chi connectivity index (χ1n) is 9.46. The molecule has 0 aliphatic rings. The minimum atomic E-state index is -0.295. The van der Waals surface area contributed by atoms with Crippen molar-refractivity contribution < 1.29 is 13.6 Å². The van der Waals surface area contributed by atoms with Crippen LogP contribution in [0.15, 0.2) is 53.1 Å². The first-order valence-corrected chi connectivity index (χ1v) is 10.2. The molecule has 0 saturated heterocycles. The van der Waals surface area contributed by atoms with E-state index in [1.807, 2.05) is 30.9 Å². The van der Waals surface area contributed by atoms with Gasteiger partial charge in [-0.05, 0) is 43.2 Å². The summed E-state index contributed by atoms with van der Waals surface area (Å²) in [6, 6.07) is 11.7. The SMILES string of the molecule is CC(C)NC(=O)c1coc(CN(Cc2ccc(F)cc2)Cc2cccc(Cl)c2Cl)n1. The number of nitrogens with zero attached hydrogens (tertiary/aromatic N) is 2. The van der Waals surface area contributed by atoms with Crippen LogP contribution in [0.25, 0.3) is 0 Å². The van der Waals surface area contributed by atoms with Crippen LogP contribution in [0.1, 0.15) is 41.4 Å². The molecule has 5 nitrogen and oxygen atoms in total. The van der Waals surface area contributed by atoms with Crippen LogP contribution in [-0.4, -0.2) is 21.8 Å². The average molecular weight is 450 g/mol. The third-order valence-corrected chi connectivity index (χ3v) is 5.17. The summed E-state index contributed by atoms with van der Waals surface area (Å²) in [4.78, 5) is 18.5. The van der Waals surface area contributed by atoms with E-state index in [-0.39, 0.29) is 23.5 Å². The zero-order valence-electron chi connectivity index (χ0n) is 16.7. The number of hydrogen-bond donors (Lipinski definition) is 1. The molecule has 8 heteroatoms. The van der Waals surface area contributed by atoms with E-state index in [9.17, 15) is 9.18 Å². The second-order valence-electron chi connectivity index (χ2n) is 7.24. The monoisotopic (exact) mass is 449 g/mol. The lowest BCUT2D eigenvalue weighted by molar-refractivity contribution is 0.0938. The van der Waals surface area contributed by atoms with Crippen molar-refractivity contribution in [2.24, 2.45) is 0 Å². The maximum Gasteiger partial charge on any atom is 0.273 e. The van der Waals surface area contributed by atoms with Gasteiger partial charge in [0.25, 0.3) is 5.91 Å². The van der Waals surface area contributed by atoms with Gasteiger partial charge in [-0.25, -0.2) is 9.37 Å². The zero-order chi connectivity index (χ0) is 21.7. The second-order valence-corrected chi connectivity index (χ2v) is 8.02. The first kappa shape index (κ1) is 22.3. The molecule has 0 aliphatic carbocycles. The van der Waals surface area contributed by atoms with Gasteiger partial charge in [0, 0.05) is 19.1 Å². The lowest BCUT2D eigenvalue weighted by Crippen LogP contribution is -2.30. The Bertz CT molecular complexity index is 1010. The van der Waals surface area contributed by atoms with Crippen molar-refractivity contribution in [3.8, 4) is 0 Å². The van der Waals surface area contributed by atoms with Crippen molar-refractivity contribution in [1.82, 2.24) is 15.2 Å². The van der Waals surface area contributed by atoms with Crippen LogP contribution in [0.2, 0.25) is 10.0 Å². The van der Waals surface area contributed by atoms with E-state index in [0.717, 1.165) is 11.1 Å². The molecule has 0 atom stereocenters. The average Bonchev–Trinajstić information content (AvgIpc) is 3.15. The molecule has 158 valence electrons. The summed E-state index contributed by atoms with van der Waals surface area (Å²) in [7, 11) is 0. The van der Waals surface area contributed by atoms with Crippen LogP contribution in [0.5, 0.6) is 0 Å². The van der Waals surface area contributed by atoms with Gasteiger partial charge >= 0.3 is 0 Å². The van der Waals surface area contributed by atoms with Gasteiger partial charge in [-0.1, -0.05) is 47.5 Å². The molecule has 3 aromatic rings. The summed E-state index contributed by atoms with van der Waals surface area (Å²) in [6.07, 6.45) is 1.34. The molecular formula is C22H22Cl2FN3O2. The van der Waals surface area contributed by atoms with Gasteiger partial charge in [-0.15, -0.1) is 0 Å². The van der Waals surface area contributed by atoms with E-state index in [2.05, 4.69) is 10.3 Å². The number of halogens is 3. The summed E-state index contributed by atoms with van der Waals surface area (Å²) >= 11 is 12.5. The quantitative estimate of drug-likeness (QED) is 0.495. The third kappa shape index (κ3) is 6.05. The molecule has 2 aromatic carbocycles. The van der Waals surface area contributed by atoms with E-state index in [4.69, 9.17) is 27.6 Å². The van der Waals surface area contributed by atoms with Crippen LogP contribution in [0.4, 0.5) is 4.39 Å². The van der Waals surface area contributed by atoms with Crippen LogP contribution in [-0.2, 0) is 19.6 Å². The Morgan fingerprint density at radius 1 is 1.13 bits per heavy atom. The predicted molar refractivity (Wildman–Crippen MR) is 115 cm³/mol. The van der Waals surface area contributed by atoms with Crippen LogP contribution in [0, 0.1) is 5.82 Å². The Balaban J connectivity index is 1.80. The van der Waals surface area contributed by atoms with E-state index < -0.39 is 0 Å². The number of nitrogens with one attached hydrogen (secondary N) is 1. The van der Waals surface area contributed by atoms with E-state index in [0.29, 0.717) is 35.6 Å². The highest BCUT2D eigenvalue weighted by Crippen LogP contribution is 2.27. The number of oxazole rings is 1. The van der Waals surface area contributed by atoms with Crippen molar-refractivity contribution in [3.63, 3.8) is 0 Å². The summed E-state index contributed by atoms with van der Waals surface area (Å²) in [5.41, 5.74) is 1.98. The van der Waals surface area contributed by atoms with Gasteiger partial charge in [0.05, 0.1) is 16.6 Å². The third-order valence-electron chi connectivity index (χ3n) is 4.31. The molecule has 0 spiro atoms. The van der Waals surface area contributed by atoms with Gasteiger partial charge in [0.1, 0.15) is 12.1 Å². The lowest BCUT2D eigenvalue weighted by atomic mass is 10.1. The highest BCUT2D eigenvalue weighted by molar-refractivity contribution is 6.42. The first-order chi connectivity index (χ1) is 14.3. The Morgan fingerprint density at radius 3 is 2.57 bits per heavy atom. The molecule has 0 radical (unpaired) electrons. The highest BCUT2D eigenvalue weighted by atomic mass is 35.5. The molecule has 0 aliphatic heterocycles. The van der Waals surface area contributed by atoms with E-state index in [1.54, 1.807) is 18.2 Å². The number of rotatable bonds is 8. The molecule has 0 unspecified atom stereocenters. The van der Waals surface area contributed by atoms with Gasteiger partial charge in [0.2, 0.25) is 5.89 Å². The fourth-order valence-electron chi connectivity index (χ4n) is 2.94. The normalized spacial score (nSPS) is 11.3. The van der Waals surface area contributed by atoms with Crippen LogP contribution < -0.4 is 5.32 Å². The Kier molecular flexibility index (Phi) is 7.48. The van der Waals surface area contributed by atoms with E-state index in [1.165, 1.54) is 18.4 Å². The fraction of sp³-hybridized carbons (Fsp3) is 0.273. The lowest BCUT2D eigenvalue weighted by Gasteiger charge is -2.22. The largest absolute Gasteiger partial charge is 0.447 e. The smallest absolute Gasteiger partial charge is 0.273 e. The van der Waals surface area contributed by atoms with Crippen LogP contribution >= 0.6 is 23.2 Å². The minimum Gasteiger partial charge on any atom is -0.447 e. The Hall–Kier alpha value is -2.41. The molecule has 1 aromatic heterocycles. The molecule has 0 bridgehead atoms. The number of amides is 1. The fourth-order valence-corrected chi connectivity index (χ4v) is 3.32. The molecule has 1 N–H and O–H groups in total. The summed E-state index contributed by atoms with van der Waals surface area (Å²) in [5, 5.41) is 3.73. The van der Waals surface area contributed by atoms with Gasteiger partial charge in [-0.3, -0.25) is 9.69 Å². The van der Waals surface area contributed by atoms with Crippen molar-refractivity contribution in [2.45, 2.75) is 39.5 Å². The Morgan fingerprint density at radius 2 is 1.87 bits per heavy atom. The number of benzene rings is 2. The summed E-state index contributed by atoms with van der Waals surface area (Å²) in [5.74, 6) is -0.191. The minimum absolute atomic E-state index is 0.00223. The standard InChI is InChI=1S/C22H22Cl2FN3O2/c1-14(2)26-22(29)19-13-30-20(27-19)12-28(10-15-6-8-17(25)9-7-15)11-16-4-3-5-18(23)21(16)24/h3-9,13-14H,10-12H2,1-2H3,(H,26,29). The zero-order valence-corrected chi connectivity index (χ0v) is 18.2. The predicted octanol–water partition coefficient (Wildman–Crippen LogP) is 5.46. The van der Waals surface area contributed by atoms with Crippen molar-refractivity contribution in [2.75, 3.05) is 0 Å². The number of hydrogen-bond acceptors (Lipinski definition) is 4. The number of aromatic nitrogens is 1. The second kappa shape index (κ2) is 10.1. The van der Waals surface area contributed by atoms with Gasteiger partial charge in [0.15, 0.2) is 5.69 Å². The molecule has 0 fully saturated rings. The van der Waals surface area contributed by atoms with Gasteiger partial charge in [-0.2, -0.15) is 0 Å². The molecule has 1 amide bonds. The van der Waals surface area contributed by atoms with Crippen molar-refractivity contribution in [3.05, 3.63) is 87.3 Å². The molecule has 30 heavy (non-hydrogen) atoms. The topological polar surface area (TPSA) is 58.4 Å². The van der Waals surface area contributed by atoms with Crippen molar-refractivity contribution >= 4 is 29.1 Å². The van der Waals surface area contributed by atoms with Gasteiger partial charge < -0.3 is 9.73 Å². The summed E-state index contributed by atoms with van der Waals surface area (Å²) < 4.78 is 18.8. The van der Waals surface area contributed by atoms with E-state index >= 15 is 0 Å². The molecule has 1 heterocycles. The molecular weight excluding hydrogens is 428 g/mol. The number of carbonyl (C=O) groups excluding carboxylic acids is 1. The summed E-state index contributed by atoms with van der Waals surface area (Å²) in [6.45, 7) is 5.04. The van der Waals surface area contributed by atoms with Crippen LogP contribution in [0.3, 0.4) is 0 Å². The molecule has 0 saturated carbocycles. The van der Waals surface area contributed by atoms with Crippen molar-refractivity contribution in [1.29, 1.82) is 0 Å². The highest BCUT2D eigenvalue weighted by Gasteiger charge is 2.17.